The van der Waals surface area contributed by atoms with Gasteiger partial charge >= 0.3 is 0 Å². The smallest absolute Gasteiger partial charge is 0.262 e. The average molecular weight is 267 g/mol. The van der Waals surface area contributed by atoms with E-state index < -0.39 is 0 Å². The molecular weight excluding hydrogens is 250 g/mol. The number of nitrogens with zero attached hydrogens (tertiary/aromatic N) is 1. The van der Waals surface area contributed by atoms with E-state index in [0.29, 0.717) is 0 Å². The zero-order valence-corrected chi connectivity index (χ0v) is 11.8. The summed E-state index contributed by atoms with van der Waals surface area (Å²) < 4.78 is 0. The highest BCUT2D eigenvalue weighted by Gasteiger charge is 2.13. The Hall–Kier alpha value is -2.54. The third-order valence-electron chi connectivity index (χ3n) is 3.02. The van der Waals surface area contributed by atoms with Gasteiger partial charge in [0.25, 0.3) is 5.91 Å². The summed E-state index contributed by atoms with van der Waals surface area (Å²) in [6, 6.07) is 9.80. The summed E-state index contributed by atoms with van der Waals surface area (Å²) in [5.41, 5.74) is 2.94. The molecule has 0 atom stereocenters. The Kier molecular flexibility index (Phi) is 3.90. The van der Waals surface area contributed by atoms with E-state index in [1.54, 1.807) is 6.08 Å². The molecule has 1 aromatic heterocycles. The molecule has 4 heteroatoms. The third-order valence-corrected chi connectivity index (χ3v) is 3.02. The van der Waals surface area contributed by atoms with Crippen molar-refractivity contribution in [3.8, 4) is 6.07 Å². The molecule has 2 rings (SSSR count). The van der Waals surface area contributed by atoms with Crippen molar-refractivity contribution in [3.05, 3.63) is 41.1 Å². The van der Waals surface area contributed by atoms with Crippen molar-refractivity contribution >= 4 is 22.9 Å². The summed E-state index contributed by atoms with van der Waals surface area (Å²) in [5, 5.41) is 12.9. The summed E-state index contributed by atoms with van der Waals surface area (Å²) in [4.78, 5) is 15.2. The summed E-state index contributed by atoms with van der Waals surface area (Å²) in [6.45, 7) is 5.66. The fourth-order valence-electron chi connectivity index (χ4n) is 2.12. The van der Waals surface area contributed by atoms with E-state index in [2.05, 4.69) is 10.3 Å². The highest BCUT2D eigenvalue weighted by Crippen LogP contribution is 2.24. The maximum Gasteiger partial charge on any atom is 0.262 e. The lowest BCUT2D eigenvalue weighted by atomic mass is 10.1. The zero-order chi connectivity index (χ0) is 14.7. The molecule has 1 aromatic carbocycles. The fraction of sp³-hybridized carbons (Fsp3) is 0.250. The molecule has 0 aliphatic rings. The van der Waals surface area contributed by atoms with Crippen LogP contribution in [0.25, 0.3) is 17.0 Å². The maximum atomic E-state index is 11.9. The standard InChI is InChI=1S/C16H17N3O/c1-10(2)18-16(20)12(9-17)8-14-11(3)19-15-7-5-4-6-13(14)15/h4-8,10,19H,1-3H3,(H,18,20)/b12-8-. The minimum Gasteiger partial charge on any atom is -0.358 e. The molecule has 0 saturated heterocycles. The SMILES string of the molecule is Cc1[nH]c2ccccc2c1/C=C(/C#N)C(=O)NC(C)C. The van der Waals surface area contributed by atoms with E-state index >= 15 is 0 Å². The Balaban J connectivity index is 2.48. The summed E-state index contributed by atoms with van der Waals surface area (Å²) in [7, 11) is 0. The van der Waals surface area contributed by atoms with Crippen LogP contribution in [0.15, 0.2) is 29.8 Å². The number of fused-ring (bicyclic) bond motifs is 1. The number of carbonyl (C=O) groups excluding carboxylic acids is 1. The van der Waals surface area contributed by atoms with Crippen LogP contribution in [0.5, 0.6) is 0 Å². The number of H-pyrrole nitrogens is 1. The van der Waals surface area contributed by atoms with Gasteiger partial charge in [0.15, 0.2) is 0 Å². The third kappa shape index (κ3) is 2.72. The van der Waals surface area contributed by atoms with Crippen LogP contribution in [0, 0.1) is 18.3 Å². The molecule has 0 fully saturated rings. The van der Waals surface area contributed by atoms with Crippen molar-refractivity contribution in [3.63, 3.8) is 0 Å². The minimum atomic E-state index is -0.341. The van der Waals surface area contributed by atoms with E-state index in [9.17, 15) is 10.1 Å². The highest BCUT2D eigenvalue weighted by molar-refractivity contribution is 6.04. The van der Waals surface area contributed by atoms with Crippen LogP contribution in [0.2, 0.25) is 0 Å². The first-order valence-corrected chi connectivity index (χ1v) is 6.53. The molecule has 1 amide bonds. The molecule has 2 N–H and O–H groups in total. The van der Waals surface area contributed by atoms with Crippen LogP contribution in [0.1, 0.15) is 25.1 Å². The first-order valence-electron chi connectivity index (χ1n) is 6.53. The number of carbonyl (C=O) groups is 1. The Morgan fingerprint density at radius 3 is 2.75 bits per heavy atom. The van der Waals surface area contributed by atoms with E-state index in [0.717, 1.165) is 22.2 Å². The number of para-hydroxylation sites is 1. The lowest BCUT2D eigenvalue weighted by Crippen LogP contribution is -2.30. The molecular formula is C16H17N3O. The molecule has 1 heterocycles. The molecule has 0 spiro atoms. The highest BCUT2D eigenvalue weighted by atomic mass is 16.1. The number of hydrogen-bond acceptors (Lipinski definition) is 2. The summed E-state index contributed by atoms with van der Waals surface area (Å²) >= 11 is 0. The average Bonchev–Trinajstić information content (AvgIpc) is 2.70. The monoisotopic (exact) mass is 267 g/mol. The number of aromatic amines is 1. The van der Waals surface area contributed by atoms with Gasteiger partial charge in [-0.15, -0.1) is 0 Å². The molecule has 4 nitrogen and oxygen atoms in total. The van der Waals surface area contributed by atoms with Gasteiger partial charge in [-0.2, -0.15) is 5.26 Å². The molecule has 0 aliphatic carbocycles. The number of amides is 1. The van der Waals surface area contributed by atoms with Crippen molar-refractivity contribution in [2.75, 3.05) is 0 Å². The van der Waals surface area contributed by atoms with Gasteiger partial charge in [-0.25, -0.2) is 0 Å². The van der Waals surface area contributed by atoms with Crippen molar-refractivity contribution in [2.45, 2.75) is 26.8 Å². The van der Waals surface area contributed by atoms with Crippen LogP contribution >= 0.6 is 0 Å². The molecule has 0 aliphatic heterocycles. The lowest BCUT2D eigenvalue weighted by Gasteiger charge is -2.06. The number of nitrogens with one attached hydrogen (secondary N) is 2. The van der Waals surface area contributed by atoms with Crippen molar-refractivity contribution in [2.24, 2.45) is 0 Å². The summed E-state index contributed by atoms with van der Waals surface area (Å²) in [6.07, 6.45) is 1.64. The number of hydrogen-bond donors (Lipinski definition) is 2. The molecule has 20 heavy (non-hydrogen) atoms. The normalized spacial score (nSPS) is 11.7. The Labute approximate surface area is 118 Å². The second-order valence-electron chi connectivity index (χ2n) is 5.01. The number of aryl methyl sites for hydroxylation is 1. The van der Waals surface area contributed by atoms with Gasteiger partial charge in [-0.3, -0.25) is 4.79 Å². The van der Waals surface area contributed by atoms with Crippen LogP contribution in [0.4, 0.5) is 0 Å². The van der Waals surface area contributed by atoms with Crippen LogP contribution in [0.3, 0.4) is 0 Å². The second kappa shape index (κ2) is 5.62. The molecule has 2 aromatic rings. The Bertz CT molecular complexity index is 717. The van der Waals surface area contributed by atoms with E-state index in [4.69, 9.17) is 0 Å². The lowest BCUT2D eigenvalue weighted by molar-refractivity contribution is -0.117. The number of rotatable bonds is 3. The van der Waals surface area contributed by atoms with Crippen LogP contribution in [-0.4, -0.2) is 16.9 Å². The zero-order valence-electron chi connectivity index (χ0n) is 11.8. The number of aromatic nitrogens is 1. The van der Waals surface area contributed by atoms with E-state index in [1.165, 1.54) is 0 Å². The largest absolute Gasteiger partial charge is 0.358 e. The van der Waals surface area contributed by atoms with E-state index in [-0.39, 0.29) is 17.5 Å². The van der Waals surface area contributed by atoms with Gasteiger partial charge in [0.05, 0.1) is 0 Å². The number of nitriles is 1. The predicted octanol–water partition coefficient (Wildman–Crippen LogP) is 2.91. The number of benzene rings is 1. The molecule has 0 radical (unpaired) electrons. The van der Waals surface area contributed by atoms with Gasteiger partial charge in [-0.1, -0.05) is 18.2 Å². The van der Waals surface area contributed by atoms with Gasteiger partial charge in [0.2, 0.25) is 0 Å². The quantitative estimate of drug-likeness (QED) is 0.663. The Morgan fingerprint density at radius 2 is 2.10 bits per heavy atom. The van der Waals surface area contributed by atoms with Crippen molar-refractivity contribution < 1.29 is 4.79 Å². The van der Waals surface area contributed by atoms with Gasteiger partial charge in [0, 0.05) is 28.2 Å². The molecule has 0 saturated carbocycles. The first kappa shape index (κ1) is 13.9. The first-order chi connectivity index (χ1) is 9.52. The van der Waals surface area contributed by atoms with E-state index in [1.807, 2.05) is 51.1 Å². The van der Waals surface area contributed by atoms with Crippen LogP contribution < -0.4 is 5.32 Å². The van der Waals surface area contributed by atoms with Gasteiger partial charge < -0.3 is 10.3 Å². The Morgan fingerprint density at radius 1 is 1.40 bits per heavy atom. The fourth-order valence-corrected chi connectivity index (χ4v) is 2.12. The van der Waals surface area contributed by atoms with Gasteiger partial charge in [-0.05, 0) is 32.9 Å². The predicted molar refractivity (Wildman–Crippen MR) is 79.9 cm³/mol. The molecule has 0 unspecified atom stereocenters. The van der Waals surface area contributed by atoms with Crippen molar-refractivity contribution in [1.29, 1.82) is 5.26 Å². The molecule has 0 bridgehead atoms. The minimum absolute atomic E-state index is 0.00307. The topological polar surface area (TPSA) is 68.7 Å². The summed E-state index contributed by atoms with van der Waals surface area (Å²) in [5.74, 6) is -0.341. The second-order valence-corrected chi connectivity index (χ2v) is 5.01. The maximum absolute atomic E-state index is 11.9. The molecule has 102 valence electrons. The van der Waals surface area contributed by atoms with Gasteiger partial charge in [0.1, 0.15) is 11.6 Å². The van der Waals surface area contributed by atoms with Crippen molar-refractivity contribution in [1.82, 2.24) is 10.3 Å². The van der Waals surface area contributed by atoms with Crippen LogP contribution in [-0.2, 0) is 4.79 Å².